The SMILES string of the molecule is CCC(C)(C)C(=O)O.[Zr]. The Morgan fingerprint density at radius 3 is 1.89 bits per heavy atom. The van der Waals surface area contributed by atoms with Crippen LogP contribution >= 0.6 is 0 Å². The molecule has 0 fully saturated rings. The first-order valence-corrected chi connectivity index (χ1v) is 2.74. The minimum Gasteiger partial charge on any atom is -0.481 e. The minimum absolute atomic E-state index is 0. The van der Waals surface area contributed by atoms with Crippen LogP contribution in [0.3, 0.4) is 0 Å². The molecule has 0 saturated heterocycles. The van der Waals surface area contributed by atoms with Crippen LogP contribution in [-0.2, 0) is 31.0 Å². The molecule has 52 valence electrons. The third kappa shape index (κ3) is 3.85. The van der Waals surface area contributed by atoms with Gasteiger partial charge in [-0.1, -0.05) is 6.92 Å². The Bertz CT molecular complexity index is 99.2. The second-order valence-electron chi connectivity index (χ2n) is 2.54. The van der Waals surface area contributed by atoms with Gasteiger partial charge >= 0.3 is 5.97 Å². The van der Waals surface area contributed by atoms with E-state index in [1.54, 1.807) is 13.8 Å². The summed E-state index contributed by atoms with van der Waals surface area (Å²) in [6.45, 7) is 5.30. The van der Waals surface area contributed by atoms with E-state index in [1.807, 2.05) is 6.92 Å². The van der Waals surface area contributed by atoms with Crippen LogP contribution in [0.2, 0.25) is 0 Å². The van der Waals surface area contributed by atoms with E-state index in [2.05, 4.69) is 0 Å². The molecule has 0 atom stereocenters. The maximum atomic E-state index is 10.3. The maximum absolute atomic E-state index is 10.3. The zero-order valence-corrected chi connectivity index (χ0v) is 8.52. The number of carboxylic acid groups (broad SMARTS) is 1. The number of aliphatic carboxylic acids is 1. The van der Waals surface area contributed by atoms with E-state index in [1.165, 1.54) is 0 Å². The van der Waals surface area contributed by atoms with Crippen molar-refractivity contribution in [1.29, 1.82) is 0 Å². The molecule has 0 bridgehead atoms. The molecule has 0 radical (unpaired) electrons. The quantitative estimate of drug-likeness (QED) is 0.745. The van der Waals surface area contributed by atoms with Gasteiger partial charge in [-0.05, 0) is 20.3 Å². The summed E-state index contributed by atoms with van der Waals surface area (Å²) in [6, 6.07) is 0. The van der Waals surface area contributed by atoms with Crippen LogP contribution in [0.4, 0.5) is 0 Å². The van der Waals surface area contributed by atoms with E-state index < -0.39 is 11.4 Å². The fraction of sp³-hybridized carbons (Fsp3) is 0.833. The van der Waals surface area contributed by atoms with Crippen LogP contribution in [0.25, 0.3) is 0 Å². The Balaban J connectivity index is 0. The zero-order chi connectivity index (χ0) is 6.78. The van der Waals surface area contributed by atoms with Crippen LogP contribution in [0.15, 0.2) is 0 Å². The van der Waals surface area contributed by atoms with Crippen molar-refractivity contribution in [1.82, 2.24) is 0 Å². The smallest absolute Gasteiger partial charge is 0.309 e. The average Bonchev–Trinajstić information content (AvgIpc) is 1.67. The average molecular weight is 207 g/mol. The predicted octanol–water partition coefficient (Wildman–Crippen LogP) is 1.50. The molecule has 0 aromatic heterocycles. The number of hydrogen-bond acceptors (Lipinski definition) is 1. The number of carboxylic acids is 1. The monoisotopic (exact) mass is 206 g/mol. The molecule has 0 spiro atoms. The summed E-state index contributed by atoms with van der Waals surface area (Å²) in [4.78, 5) is 10.3. The molecule has 3 heteroatoms. The van der Waals surface area contributed by atoms with Crippen molar-refractivity contribution >= 4 is 5.97 Å². The standard InChI is InChI=1S/C6H12O2.Zr/c1-4-6(2,3)5(7)8;/h4H2,1-3H3,(H,7,8);. The van der Waals surface area contributed by atoms with Gasteiger partial charge in [-0.3, -0.25) is 4.79 Å². The summed E-state index contributed by atoms with van der Waals surface area (Å²) in [5.41, 5.74) is -0.542. The van der Waals surface area contributed by atoms with Gasteiger partial charge in [-0.25, -0.2) is 0 Å². The Morgan fingerprint density at radius 2 is 1.89 bits per heavy atom. The summed E-state index contributed by atoms with van der Waals surface area (Å²) in [7, 11) is 0. The molecule has 0 rings (SSSR count). The molecule has 0 saturated carbocycles. The summed E-state index contributed by atoms with van der Waals surface area (Å²) in [5, 5.41) is 8.44. The molecule has 2 nitrogen and oxygen atoms in total. The first kappa shape index (κ1) is 12.1. The van der Waals surface area contributed by atoms with Crippen molar-refractivity contribution in [3.63, 3.8) is 0 Å². The van der Waals surface area contributed by atoms with Gasteiger partial charge in [0.1, 0.15) is 0 Å². The third-order valence-electron chi connectivity index (χ3n) is 1.46. The molecule has 0 heterocycles. The second kappa shape index (κ2) is 4.21. The summed E-state index contributed by atoms with van der Waals surface area (Å²) < 4.78 is 0. The van der Waals surface area contributed by atoms with Gasteiger partial charge in [0.2, 0.25) is 0 Å². The minimum atomic E-state index is -0.722. The fourth-order valence-corrected chi connectivity index (χ4v) is 0.151. The van der Waals surface area contributed by atoms with Crippen LogP contribution in [0.5, 0.6) is 0 Å². The molecule has 1 N–H and O–H groups in total. The fourth-order valence-electron chi connectivity index (χ4n) is 0.151. The molecule has 0 aliphatic heterocycles. The molecular weight excluding hydrogens is 195 g/mol. The largest absolute Gasteiger partial charge is 0.481 e. The Labute approximate surface area is 74.8 Å². The van der Waals surface area contributed by atoms with E-state index in [0.717, 1.165) is 0 Å². The van der Waals surface area contributed by atoms with Gasteiger partial charge in [-0.15, -0.1) is 0 Å². The van der Waals surface area contributed by atoms with Gasteiger partial charge in [0, 0.05) is 26.2 Å². The van der Waals surface area contributed by atoms with E-state index in [4.69, 9.17) is 5.11 Å². The Kier molecular flexibility index (Phi) is 5.65. The molecule has 0 aromatic rings. The van der Waals surface area contributed by atoms with E-state index in [-0.39, 0.29) is 26.2 Å². The van der Waals surface area contributed by atoms with Crippen LogP contribution in [0.1, 0.15) is 27.2 Å². The van der Waals surface area contributed by atoms with Crippen molar-refractivity contribution in [2.45, 2.75) is 27.2 Å². The maximum Gasteiger partial charge on any atom is 0.309 e. The topological polar surface area (TPSA) is 37.3 Å². The van der Waals surface area contributed by atoms with Crippen molar-refractivity contribution in [2.24, 2.45) is 5.41 Å². The van der Waals surface area contributed by atoms with Gasteiger partial charge in [0.25, 0.3) is 0 Å². The van der Waals surface area contributed by atoms with Crippen LogP contribution in [-0.4, -0.2) is 11.1 Å². The van der Waals surface area contributed by atoms with Crippen LogP contribution in [0, 0.1) is 5.41 Å². The van der Waals surface area contributed by atoms with Gasteiger partial charge < -0.3 is 5.11 Å². The summed E-state index contributed by atoms with van der Waals surface area (Å²) >= 11 is 0. The Hall–Kier alpha value is 0.353. The van der Waals surface area contributed by atoms with E-state index >= 15 is 0 Å². The predicted molar refractivity (Wildman–Crippen MR) is 31.7 cm³/mol. The number of rotatable bonds is 2. The van der Waals surface area contributed by atoms with E-state index in [0.29, 0.717) is 6.42 Å². The first-order valence-electron chi connectivity index (χ1n) is 2.74. The van der Waals surface area contributed by atoms with Crippen LogP contribution < -0.4 is 0 Å². The van der Waals surface area contributed by atoms with Crippen molar-refractivity contribution in [3.05, 3.63) is 0 Å². The molecule has 9 heavy (non-hydrogen) atoms. The van der Waals surface area contributed by atoms with Crippen molar-refractivity contribution < 1.29 is 36.1 Å². The van der Waals surface area contributed by atoms with Crippen molar-refractivity contribution in [2.75, 3.05) is 0 Å². The zero-order valence-electron chi connectivity index (χ0n) is 6.06. The molecule has 0 aliphatic carbocycles. The summed E-state index contributed by atoms with van der Waals surface area (Å²) in [5.74, 6) is -0.722. The third-order valence-corrected chi connectivity index (χ3v) is 1.46. The van der Waals surface area contributed by atoms with Gasteiger partial charge in [-0.2, -0.15) is 0 Å². The molecule has 0 unspecified atom stereocenters. The van der Waals surface area contributed by atoms with Gasteiger partial charge in [0.05, 0.1) is 5.41 Å². The van der Waals surface area contributed by atoms with Crippen molar-refractivity contribution in [3.8, 4) is 0 Å². The molecular formula is C6H12O2Zr. The molecule has 0 aliphatic rings. The number of hydrogen-bond donors (Lipinski definition) is 1. The Morgan fingerprint density at radius 1 is 1.56 bits per heavy atom. The number of carbonyl (C=O) groups is 1. The first-order chi connectivity index (χ1) is 3.50. The molecule has 0 amide bonds. The normalized spacial score (nSPS) is 10.1. The second-order valence-corrected chi connectivity index (χ2v) is 2.54. The van der Waals surface area contributed by atoms with Gasteiger partial charge in [0.15, 0.2) is 0 Å². The molecule has 0 aromatic carbocycles. The summed E-state index contributed by atoms with van der Waals surface area (Å²) in [6.07, 6.45) is 0.683. The van der Waals surface area contributed by atoms with E-state index in [9.17, 15) is 4.79 Å².